The van der Waals surface area contributed by atoms with E-state index < -0.39 is 10.4 Å². The third kappa shape index (κ3) is 24.8. The van der Waals surface area contributed by atoms with Crippen molar-refractivity contribution in [2.24, 2.45) is 0 Å². The van der Waals surface area contributed by atoms with Gasteiger partial charge in [-0.05, 0) is 6.92 Å². The van der Waals surface area contributed by atoms with Crippen LogP contribution in [0.1, 0.15) is 13.8 Å². The molecule has 0 aromatic heterocycles. The maximum absolute atomic E-state index is 9.82. The summed E-state index contributed by atoms with van der Waals surface area (Å²) >= 11 is 0. The maximum Gasteiger partial charge on any atom is 0.445 e. The zero-order valence-electron chi connectivity index (χ0n) is 7.39. The van der Waals surface area contributed by atoms with Crippen LogP contribution in [0.25, 0.3) is 0 Å². The van der Waals surface area contributed by atoms with Crippen molar-refractivity contribution >= 4 is 16.4 Å². The first-order chi connectivity index (χ1) is 5.83. The van der Waals surface area contributed by atoms with E-state index >= 15 is 0 Å². The number of rotatable bonds is 3. The lowest BCUT2D eigenvalue weighted by molar-refractivity contribution is -0.140. The Labute approximate surface area is 77.1 Å². The SMILES string of the molecule is C=COS(=O)(=O)O.CCOC(C)=O. The Morgan fingerprint density at radius 1 is 1.62 bits per heavy atom. The van der Waals surface area contributed by atoms with Crippen LogP contribution in [0, 0.1) is 0 Å². The Kier molecular flexibility index (Phi) is 8.40. The Balaban J connectivity index is 0. The van der Waals surface area contributed by atoms with Gasteiger partial charge in [0.05, 0.1) is 6.61 Å². The minimum absolute atomic E-state index is 0.211. The van der Waals surface area contributed by atoms with Crippen molar-refractivity contribution in [3.8, 4) is 0 Å². The highest BCUT2D eigenvalue weighted by Gasteiger charge is 1.96. The van der Waals surface area contributed by atoms with E-state index in [9.17, 15) is 13.2 Å². The predicted molar refractivity (Wildman–Crippen MR) is 45.1 cm³/mol. The van der Waals surface area contributed by atoms with E-state index in [-0.39, 0.29) is 5.97 Å². The molecule has 0 saturated heterocycles. The van der Waals surface area contributed by atoms with Crippen LogP contribution in [0.4, 0.5) is 0 Å². The number of hydrogen-bond acceptors (Lipinski definition) is 5. The highest BCUT2D eigenvalue weighted by Crippen LogP contribution is 1.82. The summed E-state index contributed by atoms with van der Waals surface area (Å²) in [5.74, 6) is -0.211. The van der Waals surface area contributed by atoms with Crippen LogP contribution in [0.15, 0.2) is 12.8 Å². The Bertz CT molecular complexity index is 242. The average Bonchev–Trinajstić information content (AvgIpc) is 1.84. The van der Waals surface area contributed by atoms with Crippen LogP contribution in [0.5, 0.6) is 0 Å². The van der Waals surface area contributed by atoms with Crippen molar-refractivity contribution in [2.75, 3.05) is 6.61 Å². The van der Waals surface area contributed by atoms with Crippen molar-refractivity contribution < 1.29 is 26.7 Å². The topological polar surface area (TPSA) is 89.9 Å². The summed E-state index contributed by atoms with van der Waals surface area (Å²) in [6, 6.07) is 0. The summed E-state index contributed by atoms with van der Waals surface area (Å²) < 4.78 is 34.6. The quantitative estimate of drug-likeness (QED) is 0.416. The summed E-state index contributed by atoms with van der Waals surface area (Å²) in [6.07, 6.45) is 0.620. The molecule has 6 nitrogen and oxygen atoms in total. The molecule has 1 N–H and O–H groups in total. The van der Waals surface area contributed by atoms with Crippen LogP contribution >= 0.6 is 0 Å². The summed E-state index contributed by atoms with van der Waals surface area (Å²) in [5.41, 5.74) is 0. The van der Waals surface area contributed by atoms with E-state index in [0.29, 0.717) is 12.9 Å². The number of esters is 1. The fraction of sp³-hybridized carbons (Fsp3) is 0.500. The normalized spacial score (nSPS) is 9.15. The molecule has 0 saturated carbocycles. The number of carbonyl (C=O) groups excluding carboxylic acids is 1. The third-order valence-corrected chi connectivity index (χ3v) is 0.917. The molecule has 0 spiro atoms. The summed E-state index contributed by atoms with van der Waals surface area (Å²) in [7, 11) is -4.29. The summed E-state index contributed by atoms with van der Waals surface area (Å²) in [6.45, 7) is 6.54. The first-order valence-electron chi connectivity index (χ1n) is 3.23. The van der Waals surface area contributed by atoms with Gasteiger partial charge in [-0.25, -0.2) is 0 Å². The van der Waals surface area contributed by atoms with Gasteiger partial charge in [0, 0.05) is 6.92 Å². The van der Waals surface area contributed by atoms with E-state index in [4.69, 9.17) is 4.55 Å². The van der Waals surface area contributed by atoms with Crippen LogP contribution in [0.2, 0.25) is 0 Å². The van der Waals surface area contributed by atoms with Gasteiger partial charge >= 0.3 is 16.4 Å². The maximum atomic E-state index is 9.82. The van der Waals surface area contributed by atoms with Gasteiger partial charge in [-0.2, -0.15) is 8.42 Å². The van der Waals surface area contributed by atoms with Crippen molar-refractivity contribution in [1.29, 1.82) is 0 Å². The first-order valence-corrected chi connectivity index (χ1v) is 4.60. The zero-order chi connectivity index (χ0) is 10.9. The molecule has 7 heteroatoms. The molecule has 0 unspecified atom stereocenters. The molecule has 0 radical (unpaired) electrons. The highest BCUT2D eigenvalue weighted by molar-refractivity contribution is 7.81. The first kappa shape index (κ1) is 14.4. The Hall–Kier alpha value is -1.08. The molecule has 0 aromatic rings. The summed E-state index contributed by atoms with van der Waals surface area (Å²) in [5, 5.41) is 0. The minimum Gasteiger partial charge on any atom is -0.466 e. The number of hydrogen-bond donors (Lipinski definition) is 1. The molecular formula is C6H12O6S. The molecule has 0 fully saturated rings. The molecule has 0 aromatic carbocycles. The second kappa shape index (κ2) is 7.56. The molecule has 0 amide bonds. The lowest BCUT2D eigenvalue weighted by Crippen LogP contribution is -1.96. The predicted octanol–water partition coefficient (Wildman–Crippen LogP) is 0.519. The molecule has 0 aliphatic rings. The highest BCUT2D eigenvalue weighted by atomic mass is 32.3. The van der Waals surface area contributed by atoms with Crippen LogP contribution in [-0.2, 0) is 24.1 Å². The molecule has 0 heterocycles. The van der Waals surface area contributed by atoms with E-state index in [1.54, 1.807) is 6.92 Å². The number of carbonyl (C=O) groups is 1. The van der Waals surface area contributed by atoms with Gasteiger partial charge in [-0.1, -0.05) is 6.58 Å². The van der Waals surface area contributed by atoms with E-state index in [0.717, 1.165) is 0 Å². The van der Waals surface area contributed by atoms with Gasteiger partial charge in [0.2, 0.25) is 0 Å². The third-order valence-electron chi connectivity index (χ3n) is 0.537. The van der Waals surface area contributed by atoms with Gasteiger partial charge in [0.1, 0.15) is 6.26 Å². The molecule has 13 heavy (non-hydrogen) atoms. The molecular weight excluding hydrogens is 200 g/mol. The van der Waals surface area contributed by atoms with Gasteiger partial charge in [-0.15, -0.1) is 0 Å². The fourth-order valence-corrected chi connectivity index (χ4v) is 0.461. The standard InChI is InChI=1S/C4H8O2.C2H4O4S/c1-3-6-4(2)5;1-2-6-7(3,4)5/h3H2,1-2H3;2H,1H2,(H,3,4,5). The zero-order valence-corrected chi connectivity index (χ0v) is 8.20. The largest absolute Gasteiger partial charge is 0.466 e. The van der Waals surface area contributed by atoms with Crippen LogP contribution in [-0.4, -0.2) is 25.5 Å². The second-order valence-corrected chi connectivity index (χ2v) is 2.66. The lowest BCUT2D eigenvalue weighted by Gasteiger charge is -1.89. The Morgan fingerprint density at radius 3 is 2.08 bits per heavy atom. The molecule has 0 bridgehead atoms. The van der Waals surface area contributed by atoms with Crippen molar-refractivity contribution in [2.45, 2.75) is 13.8 Å². The van der Waals surface area contributed by atoms with Gasteiger partial charge in [0.25, 0.3) is 0 Å². The molecule has 0 aliphatic heterocycles. The Morgan fingerprint density at radius 2 is 2.08 bits per heavy atom. The van der Waals surface area contributed by atoms with Gasteiger partial charge in [-0.3, -0.25) is 9.35 Å². The van der Waals surface area contributed by atoms with E-state index in [1.165, 1.54) is 6.92 Å². The van der Waals surface area contributed by atoms with Gasteiger partial charge in [0.15, 0.2) is 0 Å². The molecule has 0 atom stereocenters. The van der Waals surface area contributed by atoms with Crippen molar-refractivity contribution in [3.63, 3.8) is 0 Å². The summed E-state index contributed by atoms with van der Waals surface area (Å²) in [4.78, 5) is 9.82. The monoisotopic (exact) mass is 212 g/mol. The average molecular weight is 212 g/mol. The minimum atomic E-state index is -4.29. The molecule has 0 rings (SSSR count). The van der Waals surface area contributed by atoms with Gasteiger partial charge < -0.3 is 8.92 Å². The van der Waals surface area contributed by atoms with Crippen LogP contribution < -0.4 is 0 Å². The van der Waals surface area contributed by atoms with Crippen molar-refractivity contribution in [3.05, 3.63) is 12.8 Å². The molecule has 78 valence electrons. The molecule has 0 aliphatic carbocycles. The van der Waals surface area contributed by atoms with Crippen molar-refractivity contribution in [1.82, 2.24) is 0 Å². The second-order valence-electron chi connectivity index (χ2n) is 1.62. The lowest BCUT2D eigenvalue weighted by atomic mass is 10.8. The van der Waals surface area contributed by atoms with E-state index in [1.807, 2.05) is 0 Å². The fourth-order valence-electron chi connectivity index (χ4n) is 0.289. The van der Waals surface area contributed by atoms with Crippen LogP contribution in [0.3, 0.4) is 0 Å². The van der Waals surface area contributed by atoms with E-state index in [2.05, 4.69) is 15.5 Å². The smallest absolute Gasteiger partial charge is 0.445 e. The number of ether oxygens (including phenoxy) is 1.